The molecule has 0 aliphatic carbocycles. The van der Waals surface area contributed by atoms with Crippen LogP contribution in [-0.4, -0.2) is 24.3 Å². The van der Waals surface area contributed by atoms with Gasteiger partial charge in [-0.2, -0.15) is 4.31 Å². The Kier molecular flexibility index (Phi) is 4.54. The van der Waals surface area contributed by atoms with E-state index in [9.17, 15) is 8.42 Å². The molecule has 1 saturated heterocycles. The van der Waals surface area contributed by atoms with Crippen LogP contribution in [0.5, 0.6) is 0 Å². The second-order valence-corrected chi connectivity index (χ2v) is 9.41. The Balaban J connectivity index is 1.78. The lowest BCUT2D eigenvalue weighted by molar-refractivity contribution is 0.255. The Labute approximate surface area is 156 Å². The van der Waals surface area contributed by atoms with E-state index in [1.54, 1.807) is 39.9 Å². The van der Waals surface area contributed by atoms with Crippen molar-refractivity contribution in [3.8, 4) is 0 Å². The number of benzene rings is 2. The summed E-state index contributed by atoms with van der Waals surface area (Å²) in [6, 6.07) is 14.3. The number of fused-ring (bicyclic) bond motifs is 1. The van der Waals surface area contributed by atoms with Gasteiger partial charge in [0.15, 0.2) is 0 Å². The number of hydrogen-bond acceptors (Lipinski definition) is 4. The third kappa shape index (κ3) is 3.08. The summed E-state index contributed by atoms with van der Waals surface area (Å²) in [4.78, 5) is 4.87. The number of aromatic nitrogens is 1. The van der Waals surface area contributed by atoms with Gasteiger partial charge >= 0.3 is 0 Å². The van der Waals surface area contributed by atoms with E-state index in [1.165, 1.54) is 0 Å². The summed E-state index contributed by atoms with van der Waals surface area (Å²) in [6.45, 7) is 0.494. The minimum Gasteiger partial charge on any atom is -0.239 e. The van der Waals surface area contributed by atoms with Crippen molar-refractivity contribution in [1.29, 1.82) is 0 Å². The summed E-state index contributed by atoms with van der Waals surface area (Å²) in [5.41, 5.74) is 0.920. The molecule has 25 heavy (non-hydrogen) atoms. The van der Waals surface area contributed by atoms with Crippen molar-refractivity contribution in [1.82, 2.24) is 9.29 Å². The highest BCUT2D eigenvalue weighted by Gasteiger charge is 2.36. The van der Waals surface area contributed by atoms with Crippen molar-refractivity contribution in [3.63, 3.8) is 0 Å². The first-order valence-electron chi connectivity index (χ1n) is 8.19. The van der Waals surface area contributed by atoms with E-state index in [0.717, 1.165) is 34.5 Å². The third-order valence-corrected chi connectivity index (χ3v) is 8.02. The molecular formula is C18H17ClN2O2S2. The molecule has 0 saturated carbocycles. The summed E-state index contributed by atoms with van der Waals surface area (Å²) in [6.07, 6.45) is 2.63. The molecule has 0 radical (unpaired) electrons. The summed E-state index contributed by atoms with van der Waals surface area (Å²) >= 11 is 7.74. The average molecular weight is 393 g/mol. The Hall–Kier alpha value is -1.47. The Bertz CT molecular complexity index is 984. The molecule has 2 heterocycles. The molecule has 0 bridgehead atoms. The van der Waals surface area contributed by atoms with Crippen LogP contribution in [0.1, 0.15) is 30.3 Å². The normalized spacial score (nSPS) is 19.3. The predicted molar refractivity (Wildman–Crippen MR) is 102 cm³/mol. The molecule has 0 spiro atoms. The maximum absolute atomic E-state index is 13.2. The highest BCUT2D eigenvalue weighted by atomic mass is 35.5. The van der Waals surface area contributed by atoms with Crippen molar-refractivity contribution >= 4 is 43.2 Å². The van der Waals surface area contributed by atoms with Gasteiger partial charge in [-0.15, -0.1) is 11.3 Å². The Morgan fingerprint density at radius 3 is 2.64 bits per heavy atom. The van der Waals surface area contributed by atoms with Gasteiger partial charge in [-0.3, -0.25) is 0 Å². The zero-order valence-electron chi connectivity index (χ0n) is 13.4. The number of hydrogen-bond donors (Lipinski definition) is 0. The molecule has 3 aromatic rings. The fraction of sp³-hybridized carbons (Fsp3) is 0.278. The van der Waals surface area contributed by atoms with Gasteiger partial charge < -0.3 is 0 Å². The molecule has 1 unspecified atom stereocenters. The van der Waals surface area contributed by atoms with E-state index in [2.05, 4.69) is 0 Å². The number of para-hydroxylation sites is 1. The van der Waals surface area contributed by atoms with E-state index in [1.807, 2.05) is 24.3 Å². The van der Waals surface area contributed by atoms with E-state index in [0.29, 0.717) is 6.54 Å². The first-order chi connectivity index (χ1) is 12.1. The Morgan fingerprint density at radius 2 is 1.84 bits per heavy atom. The summed E-state index contributed by atoms with van der Waals surface area (Å²) in [5.74, 6) is 0. The number of piperidine rings is 1. The van der Waals surface area contributed by atoms with Crippen LogP contribution in [0.2, 0.25) is 5.02 Å². The number of sulfonamides is 1. The van der Waals surface area contributed by atoms with Crippen LogP contribution in [0.4, 0.5) is 0 Å². The zero-order valence-corrected chi connectivity index (χ0v) is 15.8. The number of rotatable bonds is 3. The van der Waals surface area contributed by atoms with Crippen LogP contribution in [0.25, 0.3) is 10.2 Å². The van der Waals surface area contributed by atoms with Crippen molar-refractivity contribution in [2.45, 2.75) is 30.2 Å². The largest absolute Gasteiger partial charge is 0.245 e. The molecule has 4 rings (SSSR count). The summed E-state index contributed by atoms with van der Waals surface area (Å²) in [7, 11) is -3.66. The Morgan fingerprint density at radius 1 is 1.08 bits per heavy atom. The SMILES string of the molecule is O=S(=O)(c1ccccc1Cl)N1CCCCC1c1nc2ccccc2s1. The van der Waals surface area contributed by atoms with Crippen molar-refractivity contribution < 1.29 is 8.42 Å². The summed E-state index contributed by atoms with van der Waals surface area (Å²) < 4.78 is 29.1. The third-order valence-electron chi connectivity index (χ3n) is 4.47. The number of halogens is 1. The molecule has 0 N–H and O–H groups in total. The van der Waals surface area contributed by atoms with Gasteiger partial charge in [-0.05, 0) is 37.1 Å². The smallest absolute Gasteiger partial charge is 0.239 e. The molecule has 1 fully saturated rings. The molecule has 0 amide bonds. The van der Waals surface area contributed by atoms with E-state index in [-0.39, 0.29) is 16.0 Å². The second-order valence-electron chi connectivity index (χ2n) is 6.08. The quantitative estimate of drug-likeness (QED) is 0.639. The molecule has 2 aromatic carbocycles. The average Bonchev–Trinajstić information content (AvgIpc) is 3.06. The van der Waals surface area contributed by atoms with Gasteiger partial charge in [0.25, 0.3) is 0 Å². The van der Waals surface area contributed by atoms with Gasteiger partial charge in [0.1, 0.15) is 9.90 Å². The number of nitrogens with zero attached hydrogens (tertiary/aromatic N) is 2. The van der Waals surface area contributed by atoms with Crippen molar-refractivity contribution in [3.05, 3.63) is 58.6 Å². The van der Waals surface area contributed by atoms with Crippen LogP contribution < -0.4 is 0 Å². The fourth-order valence-corrected chi connectivity index (χ4v) is 6.59. The van der Waals surface area contributed by atoms with Crippen molar-refractivity contribution in [2.24, 2.45) is 0 Å². The van der Waals surface area contributed by atoms with E-state index < -0.39 is 10.0 Å². The minimum absolute atomic E-state index is 0.171. The van der Waals surface area contributed by atoms with Gasteiger partial charge in [0.2, 0.25) is 10.0 Å². The van der Waals surface area contributed by atoms with Crippen LogP contribution in [-0.2, 0) is 10.0 Å². The topological polar surface area (TPSA) is 50.3 Å². The maximum atomic E-state index is 13.2. The monoisotopic (exact) mass is 392 g/mol. The highest BCUT2D eigenvalue weighted by molar-refractivity contribution is 7.89. The van der Waals surface area contributed by atoms with Crippen LogP contribution in [0, 0.1) is 0 Å². The van der Waals surface area contributed by atoms with Gasteiger partial charge in [0.05, 0.1) is 21.3 Å². The first kappa shape index (κ1) is 17.0. The van der Waals surface area contributed by atoms with Gasteiger partial charge in [-0.25, -0.2) is 13.4 Å². The maximum Gasteiger partial charge on any atom is 0.245 e. The molecule has 130 valence electrons. The molecule has 1 aromatic heterocycles. The van der Waals surface area contributed by atoms with E-state index in [4.69, 9.17) is 16.6 Å². The molecule has 1 atom stereocenters. The lowest BCUT2D eigenvalue weighted by Crippen LogP contribution is -2.38. The molecule has 1 aliphatic heterocycles. The summed E-state index contributed by atoms with van der Waals surface area (Å²) in [5, 5.41) is 1.12. The molecule has 7 heteroatoms. The predicted octanol–water partition coefficient (Wildman–Crippen LogP) is 4.87. The fourth-order valence-electron chi connectivity index (χ4n) is 3.25. The van der Waals surface area contributed by atoms with Gasteiger partial charge in [-0.1, -0.05) is 42.3 Å². The molecular weight excluding hydrogens is 376 g/mol. The standard InChI is InChI=1S/C18H17ClN2O2S2/c19-13-7-1-4-11-17(13)25(22,23)21-12-6-5-9-15(21)18-20-14-8-2-3-10-16(14)24-18/h1-4,7-8,10-11,15H,5-6,9,12H2. The minimum atomic E-state index is -3.66. The highest BCUT2D eigenvalue weighted by Crippen LogP contribution is 2.39. The first-order valence-corrected chi connectivity index (χ1v) is 10.8. The lowest BCUT2D eigenvalue weighted by Gasteiger charge is -2.33. The van der Waals surface area contributed by atoms with E-state index >= 15 is 0 Å². The zero-order chi connectivity index (χ0) is 17.4. The van der Waals surface area contributed by atoms with Gasteiger partial charge in [0, 0.05) is 6.54 Å². The van der Waals surface area contributed by atoms with Crippen molar-refractivity contribution in [2.75, 3.05) is 6.54 Å². The lowest BCUT2D eigenvalue weighted by atomic mass is 10.1. The molecule has 4 nitrogen and oxygen atoms in total. The van der Waals surface area contributed by atoms with Crippen LogP contribution in [0.15, 0.2) is 53.4 Å². The molecule has 1 aliphatic rings. The van der Waals surface area contributed by atoms with Crippen LogP contribution in [0.3, 0.4) is 0 Å². The van der Waals surface area contributed by atoms with Crippen LogP contribution >= 0.6 is 22.9 Å². The number of thiazole rings is 1. The second kappa shape index (κ2) is 6.68.